The maximum Gasteiger partial charge on any atom is 0.144 e. The van der Waals surface area contributed by atoms with Gasteiger partial charge in [-0.05, 0) is 13.3 Å². The van der Waals surface area contributed by atoms with Crippen molar-refractivity contribution < 1.29 is 4.79 Å². The summed E-state index contributed by atoms with van der Waals surface area (Å²) in [4.78, 5) is 8.47. The molecule has 3 aliphatic rings. The zero-order valence-corrected chi connectivity index (χ0v) is 13.6. The average Bonchev–Trinajstić information content (AvgIpc) is 2.65. The SMILES string of the molecule is CC1=CC2C3(Cl)CC(Cl)(C2(C)C=C1)C(Cl)(C=O)C3Cl. The van der Waals surface area contributed by atoms with Crippen molar-refractivity contribution in [2.24, 2.45) is 11.3 Å². The van der Waals surface area contributed by atoms with Crippen LogP contribution in [0.25, 0.3) is 0 Å². The summed E-state index contributed by atoms with van der Waals surface area (Å²) in [6, 6.07) is 0. The third-order valence-corrected chi connectivity index (χ3v) is 8.35. The Labute approximate surface area is 132 Å². The van der Waals surface area contributed by atoms with Crippen molar-refractivity contribution in [3.8, 4) is 0 Å². The third kappa shape index (κ3) is 1.30. The van der Waals surface area contributed by atoms with Crippen molar-refractivity contribution in [3.63, 3.8) is 0 Å². The summed E-state index contributed by atoms with van der Waals surface area (Å²) in [5.74, 6) is -0.0153. The first-order chi connectivity index (χ1) is 8.66. The second kappa shape index (κ2) is 3.74. The number of allylic oxidation sites excluding steroid dienone is 4. The van der Waals surface area contributed by atoms with Gasteiger partial charge in [0.15, 0.2) is 0 Å². The highest BCUT2D eigenvalue weighted by Crippen LogP contribution is 2.76. The van der Waals surface area contributed by atoms with Gasteiger partial charge in [0, 0.05) is 11.3 Å². The number of rotatable bonds is 1. The smallest absolute Gasteiger partial charge is 0.144 e. The molecule has 2 bridgehead atoms. The molecule has 0 heterocycles. The van der Waals surface area contributed by atoms with E-state index in [0.717, 1.165) is 5.57 Å². The third-order valence-electron chi connectivity index (χ3n) is 5.22. The molecular weight excluding hydrogens is 326 g/mol. The summed E-state index contributed by atoms with van der Waals surface area (Å²) in [6.07, 6.45) is 7.24. The lowest BCUT2D eigenvalue weighted by Gasteiger charge is -2.53. The predicted molar refractivity (Wildman–Crippen MR) is 80.6 cm³/mol. The van der Waals surface area contributed by atoms with Gasteiger partial charge in [-0.1, -0.05) is 30.7 Å². The van der Waals surface area contributed by atoms with Crippen LogP contribution in [0.5, 0.6) is 0 Å². The van der Waals surface area contributed by atoms with Crippen LogP contribution in [0.3, 0.4) is 0 Å². The summed E-state index contributed by atoms with van der Waals surface area (Å²) >= 11 is 26.6. The van der Waals surface area contributed by atoms with Crippen molar-refractivity contribution in [1.82, 2.24) is 0 Å². The van der Waals surface area contributed by atoms with E-state index in [2.05, 4.69) is 6.08 Å². The van der Waals surface area contributed by atoms with Crippen LogP contribution >= 0.6 is 46.4 Å². The molecule has 104 valence electrons. The average molecular weight is 340 g/mol. The molecule has 2 fully saturated rings. The first-order valence-electron chi connectivity index (χ1n) is 6.20. The Hall–Kier alpha value is 0.310. The normalized spacial score (nSPS) is 58.9. The first-order valence-corrected chi connectivity index (χ1v) is 7.77. The van der Waals surface area contributed by atoms with Gasteiger partial charge in [-0.15, -0.1) is 46.4 Å². The second-order valence-corrected chi connectivity index (χ2v) is 8.57. The quantitative estimate of drug-likeness (QED) is 0.514. The fraction of sp³-hybridized carbons (Fsp3) is 0.643. The molecule has 1 nitrogen and oxygen atoms in total. The van der Waals surface area contributed by atoms with Crippen LogP contribution in [0.15, 0.2) is 23.8 Å². The molecule has 2 saturated carbocycles. The largest absolute Gasteiger partial charge is 0.301 e. The van der Waals surface area contributed by atoms with Gasteiger partial charge in [-0.2, -0.15) is 0 Å². The van der Waals surface area contributed by atoms with Crippen LogP contribution < -0.4 is 0 Å². The van der Waals surface area contributed by atoms with E-state index in [-0.39, 0.29) is 5.92 Å². The molecule has 6 unspecified atom stereocenters. The molecule has 5 heteroatoms. The van der Waals surface area contributed by atoms with Gasteiger partial charge in [0.05, 0.1) is 15.1 Å². The minimum atomic E-state index is -1.34. The molecule has 0 aromatic rings. The molecular formula is C14H14Cl4O. The Bertz CT molecular complexity index is 530. The van der Waals surface area contributed by atoms with E-state index in [0.29, 0.717) is 12.7 Å². The summed E-state index contributed by atoms with van der Waals surface area (Å²) in [5.41, 5.74) is 0.662. The van der Waals surface area contributed by atoms with E-state index in [1.807, 2.05) is 26.0 Å². The summed E-state index contributed by atoms with van der Waals surface area (Å²) in [7, 11) is 0. The second-order valence-electron chi connectivity index (χ2n) is 6.16. The lowest BCUT2D eigenvalue weighted by Crippen LogP contribution is -2.63. The molecule has 0 aliphatic heterocycles. The van der Waals surface area contributed by atoms with Crippen molar-refractivity contribution in [3.05, 3.63) is 23.8 Å². The van der Waals surface area contributed by atoms with E-state index in [1.54, 1.807) is 0 Å². The van der Waals surface area contributed by atoms with Crippen LogP contribution in [-0.4, -0.2) is 26.3 Å². The topological polar surface area (TPSA) is 17.1 Å². The number of hydrogen-bond acceptors (Lipinski definition) is 1. The summed E-state index contributed by atoms with van der Waals surface area (Å²) < 4.78 is 0. The van der Waals surface area contributed by atoms with E-state index in [1.165, 1.54) is 0 Å². The molecule has 3 aliphatic carbocycles. The molecule has 0 aromatic heterocycles. The summed E-state index contributed by atoms with van der Waals surface area (Å²) in [6.45, 7) is 4.03. The number of carbonyl (C=O) groups excluding carboxylic acids is 1. The van der Waals surface area contributed by atoms with Crippen LogP contribution in [0.2, 0.25) is 0 Å². The number of hydrogen-bond donors (Lipinski definition) is 0. The molecule has 0 aromatic carbocycles. The highest BCUT2D eigenvalue weighted by Gasteiger charge is 2.82. The fourth-order valence-corrected chi connectivity index (χ4v) is 6.40. The van der Waals surface area contributed by atoms with Crippen LogP contribution in [-0.2, 0) is 4.79 Å². The van der Waals surface area contributed by atoms with Gasteiger partial charge >= 0.3 is 0 Å². The van der Waals surface area contributed by atoms with Gasteiger partial charge in [-0.25, -0.2) is 0 Å². The van der Waals surface area contributed by atoms with E-state index >= 15 is 0 Å². The van der Waals surface area contributed by atoms with Gasteiger partial charge in [0.2, 0.25) is 0 Å². The lowest BCUT2D eigenvalue weighted by molar-refractivity contribution is -0.111. The number of fused-ring (bicyclic) bond motifs is 5. The van der Waals surface area contributed by atoms with Crippen LogP contribution in [0.1, 0.15) is 20.3 Å². The Morgan fingerprint density at radius 2 is 2.00 bits per heavy atom. The van der Waals surface area contributed by atoms with Gasteiger partial charge in [-0.3, -0.25) is 0 Å². The van der Waals surface area contributed by atoms with Gasteiger partial charge < -0.3 is 4.79 Å². The minimum absolute atomic E-state index is 0.0153. The number of alkyl halides is 4. The van der Waals surface area contributed by atoms with Gasteiger partial charge in [0.25, 0.3) is 0 Å². The standard InChI is InChI=1S/C14H14Cl4O/c1-8-3-4-11(2)9(5-8)12(16)6-14(11,18)13(17,7-19)10(12)15/h3-5,7,9-10H,6H2,1-2H3. The molecule has 0 saturated heterocycles. The van der Waals surface area contributed by atoms with E-state index < -0.39 is 25.4 Å². The monoisotopic (exact) mass is 338 g/mol. The minimum Gasteiger partial charge on any atom is -0.301 e. The van der Waals surface area contributed by atoms with Crippen LogP contribution in [0.4, 0.5) is 0 Å². The molecule has 0 amide bonds. The fourth-order valence-electron chi connectivity index (χ4n) is 4.09. The van der Waals surface area contributed by atoms with E-state index in [9.17, 15) is 4.79 Å². The highest BCUT2D eigenvalue weighted by molar-refractivity contribution is 6.50. The Balaban J connectivity index is 2.26. The Morgan fingerprint density at radius 1 is 1.37 bits per heavy atom. The number of aldehydes is 1. The molecule has 6 atom stereocenters. The first kappa shape index (κ1) is 14.3. The van der Waals surface area contributed by atoms with Crippen molar-refractivity contribution in [1.29, 1.82) is 0 Å². The molecule has 0 N–H and O–H groups in total. The molecule has 3 rings (SSSR count). The summed E-state index contributed by atoms with van der Waals surface area (Å²) in [5, 5.41) is -0.688. The lowest BCUT2D eigenvalue weighted by atomic mass is 9.60. The maximum atomic E-state index is 11.6. The van der Waals surface area contributed by atoms with Crippen LogP contribution in [0, 0.1) is 11.3 Å². The molecule has 19 heavy (non-hydrogen) atoms. The Morgan fingerprint density at radius 3 is 2.58 bits per heavy atom. The van der Waals surface area contributed by atoms with Crippen molar-refractivity contribution in [2.45, 2.75) is 40.3 Å². The van der Waals surface area contributed by atoms with Crippen molar-refractivity contribution in [2.75, 3.05) is 0 Å². The molecule has 0 radical (unpaired) electrons. The highest BCUT2D eigenvalue weighted by atomic mass is 35.5. The number of halogens is 4. The van der Waals surface area contributed by atoms with E-state index in [4.69, 9.17) is 46.4 Å². The zero-order chi connectivity index (χ0) is 14.3. The zero-order valence-electron chi connectivity index (χ0n) is 10.6. The Kier molecular flexibility index (Phi) is 2.80. The predicted octanol–water partition coefficient (Wildman–Crippen LogP) is 4.28. The molecule has 0 spiro atoms. The van der Waals surface area contributed by atoms with Crippen molar-refractivity contribution >= 4 is 52.7 Å². The van der Waals surface area contributed by atoms with Gasteiger partial charge in [0.1, 0.15) is 11.2 Å². The maximum absolute atomic E-state index is 11.6. The number of carbonyl (C=O) groups is 1.